The summed E-state index contributed by atoms with van der Waals surface area (Å²) in [5.74, 6) is 0. The summed E-state index contributed by atoms with van der Waals surface area (Å²) >= 11 is 0. The Labute approximate surface area is 178 Å². The molecule has 2 atom stereocenters. The number of halogens is 7. The van der Waals surface area contributed by atoms with Crippen LogP contribution in [0.15, 0.2) is 47.4 Å². The van der Waals surface area contributed by atoms with E-state index in [0.717, 1.165) is 6.07 Å². The van der Waals surface area contributed by atoms with E-state index in [2.05, 4.69) is 10.3 Å². The normalized spacial score (nSPS) is 24.2. The molecule has 2 aliphatic rings. The van der Waals surface area contributed by atoms with Crippen LogP contribution in [0.25, 0.3) is 0 Å². The number of pyridine rings is 1. The highest BCUT2D eigenvalue weighted by atomic mass is 32.2. The van der Waals surface area contributed by atoms with Crippen molar-refractivity contribution in [2.75, 3.05) is 6.54 Å². The van der Waals surface area contributed by atoms with Crippen molar-refractivity contribution in [1.82, 2.24) is 10.3 Å². The van der Waals surface area contributed by atoms with Gasteiger partial charge in [-0.1, -0.05) is 24.3 Å². The van der Waals surface area contributed by atoms with E-state index in [9.17, 15) is 39.2 Å². The highest BCUT2D eigenvalue weighted by Gasteiger charge is 2.74. The largest absolute Gasteiger partial charge is 0.437 e. The van der Waals surface area contributed by atoms with Crippen LogP contribution in [0.3, 0.4) is 0 Å². The average Bonchev–Trinajstić information content (AvgIpc) is 3.18. The number of hydrogen-bond acceptors (Lipinski definition) is 4. The zero-order valence-corrected chi connectivity index (χ0v) is 17.1. The number of hydrogen-bond donors (Lipinski definition) is 1. The summed E-state index contributed by atoms with van der Waals surface area (Å²) < 4.78 is 119. The summed E-state index contributed by atoms with van der Waals surface area (Å²) in [5, 5.41) is 3.07. The summed E-state index contributed by atoms with van der Waals surface area (Å²) in [4.78, 5) is 3.39. The molecule has 1 aliphatic carbocycles. The van der Waals surface area contributed by atoms with Gasteiger partial charge in [-0.3, -0.25) is 4.98 Å². The quantitative estimate of drug-likeness (QED) is 0.662. The van der Waals surface area contributed by atoms with E-state index < -0.39 is 44.3 Å². The fraction of sp³-hybridized carbons (Fsp3) is 0.450. The van der Waals surface area contributed by atoms with Crippen molar-refractivity contribution in [3.63, 3.8) is 0 Å². The summed E-state index contributed by atoms with van der Waals surface area (Å²) in [5.41, 5.74) is -7.81. The van der Waals surface area contributed by atoms with Crippen molar-refractivity contribution < 1.29 is 39.2 Å². The third-order valence-electron chi connectivity index (χ3n) is 6.22. The van der Waals surface area contributed by atoms with Crippen LogP contribution in [0.1, 0.15) is 29.8 Å². The van der Waals surface area contributed by atoms with E-state index in [4.69, 9.17) is 0 Å². The summed E-state index contributed by atoms with van der Waals surface area (Å²) in [6.07, 6.45) is -12.5. The maximum absolute atomic E-state index is 14.5. The van der Waals surface area contributed by atoms with Crippen LogP contribution in [0.5, 0.6) is 0 Å². The molecule has 1 N–H and O–H groups in total. The van der Waals surface area contributed by atoms with Crippen molar-refractivity contribution in [3.8, 4) is 0 Å². The minimum absolute atomic E-state index is 0.00180. The van der Waals surface area contributed by atoms with Gasteiger partial charge in [0.05, 0.1) is 10.6 Å². The Balaban J connectivity index is 1.93. The third-order valence-corrected chi connectivity index (χ3v) is 8.78. The number of nitrogens with one attached hydrogen (secondary N) is 1. The highest BCUT2D eigenvalue weighted by Crippen LogP contribution is 2.54. The van der Waals surface area contributed by atoms with Gasteiger partial charge < -0.3 is 5.32 Å². The Bertz CT molecular complexity index is 1120. The van der Waals surface area contributed by atoms with Gasteiger partial charge in [-0.05, 0) is 49.6 Å². The van der Waals surface area contributed by atoms with Gasteiger partial charge in [-0.2, -0.15) is 26.3 Å². The Morgan fingerprint density at radius 3 is 2.16 bits per heavy atom. The molecule has 0 radical (unpaired) electrons. The molecule has 2 unspecified atom stereocenters. The molecule has 1 aromatic heterocycles. The van der Waals surface area contributed by atoms with Gasteiger partial charge in [0.15, 0.2) is 9.84 Å². The van der Waals surface area contributed by atoms with Gasteiger partial charge in [0.25, 0.3) is 0 Å². The van der Waals surface area contributed by atoms with Crippen LogP contribution in [0.2, 0.25) is 0 Å². The number of nitrogens with zero attached hydrogens (tertiary/aromatic N) is 1. The lowest BCUT2D eigenvalue weighted by Crippen LogP contribution is -2.52. The Morgan fingerprint density at radius 1 is 0.938 bits per heavy atom. The molecule has 0 saturated carbocycles. The minimum atomic E-state index is -6.30. The van der Waals surface area contributed by atoms with E-state index in [-0.39, 0.29) is 42.0 Å². The van der Waals surface area contributed by atoms with Gasteiger partial charge in [-0.15, -0.1) is 0 Å². The zero-order chi connectivity index (χ0) is 23.6. The molecule has 2 heterocycles. The molecule has 0 amide bonds. The number of aromatic nitrogens is 1. The molecular weight excluding hydrogens is 465 g/mol. The fourth-order valence-electron chi connectivity index (χ4n) is 4.71. The van der Waals surface area contributed by atoms with Gasteiger partial charge >= 0.3 is 18.0 Å². The number of aryl methyl sites for hydroxylation is 1. The highest BCUT2D eigenvalue weighted by molar-refractivity contribution is 7.92. The molecule has 1 aromatic carbocycles. The summed E-state index contributed by atoms with van der Waals surface area (Å²) in [6, 6.07) is 7.90. The molecule has 2 aromatic rings. The second-order valence-electron chi connectivity index (χ2n) is 7.85. The molecule has 4 rings (SSSR count). The van der Waals surface area contributed by atoms with Crippen molar-refractivity contribution in [3.05, 3.63) is 59.4 Å². The SMILES string of the molecule is O=S(=O)(c1ccccc1)C12CCNC1CCc1nc(C(F)(C(F)(F)F)C(F)(F)F)ccc12. The van der Waals surface area contributed by atoms with Crippen LogP contribution < -0.4 is 5.32 Å². The first kappa shape index (κ1) is 23.0. The Hall–Kier alpha value is -2.21. The van der Waals surface area contributed by atoms with Crippen LogP contribution in [-0.4, -0.2) is 38.3 Å². The monoisotopic (exact) mass is 482 g/mol. The van der Waals surface area contributed by atoms with E-state index >= 15 is 0 Å². The summed E-state index contributed by atoms with van der Waals surface area (Å²) in [6.45, 7) is 0.274. The van der Waals surface area contributed by atoms with Crippen LogP contribution in [-0.2, 0) is 26.7 Å². The smallest absolute Gasteiger partial charge is 0.312 e. The molecule has 0 spiro atoms. The number of sulfone groups is 1. The second kappa shape index (κ2) is 7.14. The van der Waals surface area contributed by atoms with Crippen LogP contribution in [0, 0.1) is 0 Å². The second-order valence-corrected chi connectivity index (χ2v) is 10.1. The maximum Gasteiger partial charge on any atom is 0.437 e. The van der Waals surface area contributed by atoms with E-state index in [0.29, 0.717) is 6.07 Å². The van der Waals surface area contributed by atoms with Gasteiger partial charge in [0.2, 0.25) is 0 Å². The molecule has 174 valence electrons. The van der Waals surface area contributed by atoms with Gasteiger partial charge in [0, 0.05) is 11.7 Å². The van der Waals surface area contributed by atoms with Gasteiger partial charge in [-0.25, -0.2) is 12.8 Å². The fourth-order valence-corrected chi connectivity index (χ4v) is 7.06. The molecule has 32 heavy (non-hydrogen) atoms. The molecule has 1 fully saturated rings. The Morgan fingerprint density at radius 2 is 1.56 bits per heavy atom. The number of rotatable bonds is 3. The molecule has 12 heteroatoms. The van der Waals surface area contributed by atoms with Gasteiger partial charge in [0.1, 0.15) is 4.75 Å². The number of fused-ring (bicyclic) bond motifs is 3. The predicted octanol–water partition coefficient (Wildman–Crippen LogP) is 4.35. The molecule has 4 nitrogen and oxygen atoms in total. The average molecular weight is 482 g/mol. The lowest BCUT2D eigenvalue weighted by Gasteiger charge is -2.40. The molecule has 0 bridgehead atoms. The van der Waals surface area contributed by atoms with Crippen molar-refractivity contribution in [2.24, 2.45) is 0 Å². The standard InChI is InChI=1S/C20H17F7N2O2S/c21-18(19(22,23)24,20(25,26)27)16-8-6-13-14(29-16)7-9-15-17(13,10-11-28-15)32(30,31)12-4-2-1-3-5-12/h1-6,8,15,28H,7,9-11H2. The third kappa shape index (κ3) is 2.98. The first-order valence-electron chi connectivity index (χ1n) is 9.63. The van der Waals surface area contributed by atoms with E-state index in [1.54, 1.807) is 6.07 Å². The van der Waals surface area contributed by atoms with Crippen molar-refractivity contribution >= 4 is 9.84 Å². The van der Waals surface area contributed by atoms with Crippen LogP contribution >= 0.6 is 0 Å². The predicted molar refractivity (Wildman–Crippen MR) is 99.2 cm³/mol. The van der Waals surface area contributed by atoms with Crippen molar-refractivity contribution in [1.29, 1.82) is 0 Å². The molecular formula is C20H17F7N2O2S. The van der Waals surface area contributed by atoms with Crippen LogP contribution in [0.4, 0.5) is 30.7 Å². The molecule has 1 saturated heterocycles. The zero-order valence-electron chi connectivity index (χ0n) is 16.3. The first-order valence-corrected chi connectivity index (χ1v) is 11.1. The van der Waals surface area contributed by atoms with E-state index in [1.807, 2.05) is 0 Å². The lowest BCUT2D eigenvalue weighted by molar-refractivity contribution is -0.350. The number of benzene rings is 1. The minimum Gasteiger partial charge on any atom is -0.312 e. The number of alkyl halides is 7. The Kier molecular flexibility index (Phi) is 5.13. The summed E-state index contributed by atoms with van der Waals surface area (Å²) in [7, 11) is -4.12. The molecule has 1 aliphatic heterocycles. The first-order chi connectivity index (χ1) is 14.8. The van der Waals surface area contributed by atoms with E-state index in [1.165, 1.54) is 24.3 Å². The maximum atomic E-state index is 14.5. The van der Waals surface area contributed by atoms with Crippen molar-refractivity contribution in [2.45, 2.75) is 53.0 Å². The topological polar surface area (TPSA) is 59.1 Å². The lowest BCUT2D eigenvalue weighted by atomic mass is 9.80.